The maximum Gasteiger partial charge on any atom is 0.146 e. The summed E-state index contributed by atoms with van der Waals surface area (Å²) in [4.78, 5) is 4.26. The van der Waals surface area contributed by atoms with E-state index in [0.717, 1.165) is 31.7 Å². The quantitative estimate of drug-likeness (QED) is 0.837. The van der Waals surface area contributed by atoms with Gasteiger partial charge in [0.1, 0.15) is 5.82 Å². The van der Waals surface area contributed by atoms with Crippen LogP contribution in [0.15, 0.2) is 54.6 Å². The lowest BCUT2D eigenvalue weighted by Crippen LogP contribution is -2.49. The molecule has 1 atom stereocenters. The topological polar surface area (TPSA) is 35.9 Å². The number of aliphatic hydroxyl groups excluding tert-OH is 1. The van der Waals surface area contributed by atoms with Gasteiger partial charge in [-0.3, -0.25) is 4.90 Å². The van der Waals surface area contributed by atoms with Crippen molar-refractivity contribution >= 4 is 5.69 Å². The molecule has 0 spiro atoms. The van der Waals surface area contributed by atoms with E-state index < -0.39 is 6.10 Å². The molecule has 0 aliphatic carbocycles. The maximum absolute atomic E-state index is 13.8. The van der Waals surface area contributed by atoms with Crippen molar-refractivity contribution in [2.45, 2.75) is 12.7 Å². The lowest BCUT2D eigenvalue weighted by molar-refractivity contribution is 0.00912. The number of halogens is 1. The van der Waals surface area contributed by atoms with Crippen LogP contribution in [0.2, 0.25) is 0 Å². The molecular weight excluding hydrogens is 319 g/mol. The van der Waals surface area contributed by atoms with E-state index in [4.69, 9.17) is 4.74 Å². The molecule has 1 heterocycles. The van der Waals surface area contributed by atoms with E-state index in [9.17, 15) is 9.50 Å². The van der Waals surface area contributed by atoms with Crippen LogP contribution in [-0.4, -0.2) is 55.4 Å². The highest BCUT2D eigenvalue weighted by Gasteiger charge is 2.21. The number of benzene rings is 2. The van der Waals surface area contributed by atoms with Gasteiger partial charge < -0.3 is 14.7 Å². The van der Waals surface area contributed by atoms with E-state index in [0.29, 0.717) is 25.4 Å². The lowest BCUT2D eigenvalue weighted by Gasteiger charge is -2.36. The average molecular weight is 344 g/mol. The van der Waals surface area contributed by atoms with E-state index in [-0.39, 0.29) is 5.82 Å². The van der Waals surface area contributed by atoms with Crippen LogP contribution < -0.4 is 4.90 Å². The number of piperazine rings is 1. The number of para-hydroxylation sites is 1. The molecule has 0 saturated carbocycles. The van der Waals surface area contributed by atoms with Crippen LogP contribution in [0.4, 0.5) is 10.1 Å². The molecule has 0 radical (unpaired) electrons. The molecule has 1 saturated heterocycles. The van der Waals surface area contributed by atoms with Crippen LogP contribution in [0.1, 0.15) is 5.56 Å². The summed E-state index contributed by atoms with van der Waals surface area (Å²) >= 11 is 0. The Morgan fingerprint density at radius 1 is 0.960 bits per heavy atom. The normalized spacial score (nSPS) is 16.8. The Kier molecular flexibility index (Phi) is 6.39. The zero-order valence-electron chi connectivity index (χ0n) is 14.4. The minimum atomic E-state index is -0.510. The fourth-order valence-corrected chi connectivity index (χ4v) is 3.12. The number of anilines is 1. The summed E-state index contributed by atoms with van der Waals surface area (Å²) in [5.41, 5.74) is 1.77. The molecule has 0 amide bonds. The molecular formula is C20H25FN2O2. The van der Waals surface area contributed by atoms with Crippen molar-refractivity contribution in [1.82, 2.24) is 4.90 Å². The van der Waals surface area contributed by atoms with Crippen molar-refractivity contribution in [2.75, 3.05) is 44.2 Å². The van der Waals surface area contributed by atoms with E-state index in [1.165, 1.54) is 6.07 Å². The minimum absolute atomic E-state index is 0.176. The first kappa shape index (κ1) is 17.9. The highest BCUT2D eigenvalue weighted by Crippen LogP contribution is 2.20. The van der Waals surface area contributed by atoms with Crippen molar-refractivity contribution in [3.8, 4) is 0 Å². The van der Waals surface area contributed by atoms with Gasteiger partial charge in [0.05, 0.1) is 25.0 Å². The first-order chi connectivity index (χ1) is 12.2. The van der Waals surface area contributed by atoms with Crippen LogP contribution in [0.5, 0.6) is 0 Å². The van der Waals surface area contributed by atoms with Crippen molar-refractivity contribution < 1.29 is 14.2 Å². The summed E-state index contributed by atoms with van der Waals surface area (Å²) in [6.45, 7) is 4.56. The molecule has 1 aliphatic rings. The van der Waals surface area contributed by atoms with Crippen LogP contribution in [0.3, 0.4) is 0 Å². The third-order valence-corrected chi connectivity index (χ3v) is 4.46. The van der Waals surface area contributed by atoms with Crippen molar-refractivity contribution in [3.05, 3.63) is 66.0 Å². The molecule has 0 bridgehead atoms. The van der Waals surface area contributed by atoms with Gasteiger partial charge in [0.25, 0.3) is 0 Å². The van der Waals surface area contributed by atoms with E-state index in [1.807, 2.05) is 42.5 Å². The van der Waals surface area contributed by atoms with Gasteiger partial charge in [-0.05, 0) is 17.7 Å². The smallest absolute Gasteiger partial charge is 0.146 e. The summed E-state index contributed by atoms with van der Waals surface area (Å²) in [7, 11) is 0. The van der Waals surface area contributed by atoms with Gasteiger partial charge in [0.15, 0.2) is 0 Å². The Morgan fingerprint density at radius 2 is 1.64 bits per heavy atom. The molecule has 1 fully saturated rings. The number of aliphatic hydroxyl groups is 1. The standard InChI is InChI=1S/C20H25FN2O2/c21-19-8-4-5-9-20(19)23-12-10-22(11-13-23)14-18(24)16-25-15-17-6-2-1-3-7-17/h1-9,18,24H,10-16H2/t18-/m0/s1. The predicted molar refractivity (Wildman–Crippen MR) is 97.2 cm³/mol. The summed E-state index contributed by atoms with van der Waals surface area (Å²) in [5, 5.41) is 10.2. The third kappa shape index (κ3) is 5.26. The van der Waals surface area contributed by atoms with Crippen molar-refractivity contribution in [2.24, 2.45) is 0 Å². The summed E-state index contributed by atoms with van der Waals surface area (Å²) in [6.07, 6.45) is -0.510. The highest BCUT2D eigenvalue weighted by atomic mass is 19.1. The van der Waals surface area contributed by atoms with Crippen LogP contribution in [-0.2, 0) is 11.3 Å². The minimum Gasteiger partial charge on any atom is -0.389 e. The van der Waals surface area contributed by atoms with Gasteiger partial charge in [-0.25, -0.2) is 4.39 Å². The number of rotatable bonds is 7. The predicted octanol–water partition coefficient (Wildman–Crippen LogP) is 2.53. The Hall–Kier alpha value is -1.95. The number of hydrogen-bond acceptors (Lipinski definition) is 4. The summed E-state index contributed by atoms with van der Waals surface area (Å²) < 4.78 is 19.4. The molecule has 3 rings (SSSR count). The SMILES string of the molecule is O[C@H](COCc1ccccc1)CN1CCN(c2ccccc2F)CC1. The first-order valence-corrected chi connectivity index (χ1v) is 8.74. The van der Waals surface area contributed by atoms with Gasteiger partial charge >= 0.3 is 0 Å². The van der Waals surface area contributed by atoms with E-state index in [2.05, 4.69) is 9.80 Å². The second-order valence-corrected chi connectivity index (χ2v) is 6.39. The van der Waals surface area contributed by atoms with Crippen LogP contribution >= 0.6 is 0 Å². The second-order valence-electron chi connectivity index (χ2n) is 6.39. The summed E-state index contributed by atoms with van der Waals surface area (Å²) in [5.74, 6) is -0.176. The Labute approximate surface area is 148 Å². The largest absolute Gasteiger partial charge is 0.389 e. The molecule has 0 unspecified atom stereocenters. The number of β-amino-alcohol motifs (C(OH)–C–C–N with tert-alkyl or cyclic N) is 1. The molecule has 25 heavy (non-hydrogen) atoms. The van der Waals surface area contributed by atoms with Crippen molar-refractivity contribution in [3.63, 3.8) is 0 Å². The molecule has 1 N–H and O–H groups in total. The first-order valence-electron chi connectivity index (χ1n) is 8.74. The Morgan fingerprint density at radius 3 is 2.36 bits per heavy atom. The highest BCUT2D eigenvalue weighted by molar-refractivity contribution is 5.47. The van der Waals surface area contributed by atoms with Gasteiger partial charge in [-0.1, -0.05) is 42.5 Å². The van der Waals surface area contributed by atoms with Gasteiger partial charge in [0.2, 0.25) is 0 Å². The molecule has 0 aromatic heterocycles. The molecule has 2 aromatic carbocycles. The van der Waals surface area contributed by atoms with E-state index in [1.54, 1.807) is 6.07 Å². The van der Waals surface area contributed by atoms with Crippen LogP contribution in [0, 0.1) is 5.82 Å². The number of hydrogen-bond donors (Lipinski definition) is 1. The van der Waals surface area contributed by atoms with Gasteiger partial charge in [-0.2, -0.15) is 0 Å². The number of nitrogens with zero attached hydrogens (tertiary/aromatic N) is 2. The van der Waals surface area contributed by atoms with Gasteiger partial charge in [-0.15, -0.1) is 0 Å². The molecule has 134 valence electrons. The van der Waals surface area contributed by atoms with Crippen LogP contribution in [0.25, 0.3) is 0 Å². The monoisotopic (exact) mass is 344 g/mol. The van der Waals surface area contributed by atoms with Gasteiger partial charge in [0, 0.05) is 32.7 Å². The zero-order chi connectivity index (χ0) is 17.5. The maximum atomic E-state index is 13.8. The molecule has 2 aromatic rings. The zero-order valence-corrected chi connectivity index (χ0v) is 14.4. The Bertz CT molecular complexity index is 645. The summed E-state index contributed by atoms with van der Waals surface area (Å²) in [6, 6.07) is 16.8. The fourth-order valence-electron chi connectivity index (χ4n) is 3.12. The average Bonchev–Trinajstić information content (AvgIpc) is 2.64. The van der Waals surface area contributed by atoms with E-state index >= 15 is 0 Å². The van der Waals surface area contributed by atoms with Crippen molar-refractivity contribution in [1.29, 1.82) is 0 Å². The second kappa shape index (κ2) is 8.94. The molecule has 1 aliphatic heterocycles. The molecule has 4 nitrogen and oxygen atoms in total. The fraction of sp³-hybridized carbons (Fsp3) is 0.400. The number of ether oxygens (including phenoxy) is 1. The third-order valence-electron chi connectivity index (χ3n) is 4.46. The Balaban J connectivity index is 1.38. The lowest BCUT2D eigenvalue weighted by atomic mass is 10.2. The molecule has 5 heteroatoms.